The number of carbonyl (C=O) groups excluding carboxylic acids is 1. The lowest BCUT2D eigenvalue weighted by Crippen LogP contribution is -2.25. The summed E-state index contributed by atoms with van der Waals surface area (Å²) in [7, 11) is 3.55. The molecule has 3 heteroatoms. The highest BCUT2D eigenvalue weighted by molar-refractivity contribution is 6.00. The smallest absolute Gasteiger partial charge is 0.180 e. The van der Waals surface area contributed by atoms with Crippen molar-refractivity contribution in [2.24, 2.45) is 0 Å². The average Bonchev–Trinajstić information content (AvgIpc) is 2.47. The number of methoxy groups -OCH3 is 1. The molecule has 2 rings (SSSR count). The van der Waals surface area contributed by atoms with E-state index in [2.05, 4.69) is 12.1 Å². The molecule has 3 nitrogen and oxygen atoms in total. The second kappa shape index (κ2) is 7.04. The normalized spacial score (nSPS) is 10.7. The molecule has 0 radical (unpaired) electrons. The van der Waals surface area contributed by atoms with Crippen LogP contribution in [0.1, 0.15) is 21.5 Å². The van der Waals surface area contributed by atoms with Gasteiger partial charge in [0, 0.05) is 6.54 Å². The quantitative estimate of drug-likeness (QED) is 0.762. The lowest BCUT2D eigenvalue weighted by atomic mass is 10.1. The van der Waals surface area contributed by atoms with E-state index in [1.54, 1.807) is 7.11 Å². The monoisotopic (exact) mass is 283 g/mol. The molecule has 0 aliphatic rings. The molecule has 2 aromatic rings. The summed E-state index contributed by atoms with van der Waals surface area (Å²) in [6, 6.07) is 15.8. The van der Waals surface area contributed by atoms with E-state index in [1.165, 1.54) is 5.56 Å². The van der Waals surface area contributed by atoms with E-state index in [9.17, 15) is 4.79 Å². The van der Waals surface area contributed by atoms with Gasteiger partial charge in [-0.15, -0.1) is 0 Å². The number of ketones is 1. The summed E-state index contributed by atoms with van der Waals surface area (Å²) in [5.74, 6) is 0.721. The van der Waals surface area contributed by atoms with Crippen LogP contribution in [0, 0.1) is 6.92 Å². The number of carbonyl (C=O) groups is 1. The first-order valence-electron chi connectivity index (χ1n) is 7.00. The van der Waals surface area contributed by atoms with Crippen molar-refractivity contribution in [2.45, 2.75) is 13.5 Å². The Hall–Kier alpha value is -2.13. The van der Waals surface area contributed by atoms with E-state index in [-0.39, 0.29) is 5.78 Å². The molecule has 0 atom stereocenters. The van der Waals surface area contributed by atoms with Crippen LogP contribution in [0.4, 0.5) is 0 Å². The molecule has 0 spiro atoms. The number of rotatable bonds is 6. The van der Waals surface area contributed by atoms with Crippen LogP contribution in [0.15, 0.2) is 48.5 Å². The molecule has 21 heavy (non-hydrogen) atoms. The molecule has 0 aliphatic carbocycles. The van der Waals surface area contributed by atoms with Gasteiger partial charge in [0.15, 0.2) is 5.78 Å². The van der Waals surface area contributed by atoms with Crippen molar-refractivity contribution >= 4 is 5.78 Å². The minimum atomic E-state index is 0.0743. The summed E-state index contributed by atoms with van der Waals surface area (Å²) in [6.07, 6.45) is 0. The maximum absolute atomic E-state index is 12.4. The Balaban J connectivity index is 2.04. The highest BCUT2D eigenvalue weighted by atomic mass is 16.5. The molecule has 110 valence electrons. The van der Waals surface area contributed by atoms with E-state index < -0.39 is 0 Å². The molecule has 0 fully saturated rings. The zero-order valence-electron chi connectivity index (χ0n) is 12.8. The summed E-state index contributed by atoms with van der Waals surface area (Å²) < 4.78 is 5.31. The molecule has 0 bridgehead atoms. The van der Waals surface area contributed by atoms with Gasteiger partial charge in [-0.1, -0.05) is 36.4 Å². The SMILES string of the molecule is COc1cc(C)ccc1C(=O)CN(C)Cc1ccccc1. The fraction of sp³-hybridized carbons (Fsp3) is 0.278. The third-order valence-electron chi connectivity index (χ3n) is 3.37. The fourth-order valence-corrected chi connectivity index (χ4v) is 2.31. The van der Waals surface area contributed by atoms with Crippen LogP contribution in [0.25, 0.3) is 0 Å². The van der Waals surface area contributed by atoms with E-state index in [4.69, 9.17) is 4.74 Å². The highest BCUT2D eigenvalue weighted by Crippen LogP contribution is 2.20. The topological polar surface area (TPSA) is 29.5 Å². The Kier molecular flexibility index (Phi) is 5.12. The van der Waals surface area contributed by atoms with Gasteiger partial charge in [0.1, 0.15) is 5.75 Å². The van der Waals surface area contributed by atoms with Crippen LogP contribution >= 0.6 is 0 Å². The van der Waals surface area contributed by atoms with Gasteiger partial charge in [-0.3, -0.25) is 9.69 Å². The third kappa shape index (κ3) is 4.17. The van der Waals surface area contributed by atoms with Crippen LogP contribution in [0.3, 0.4) is 0 Å². The Morgan fingerprint density at radius 2 is 1.86 bits per heavy atom. The summed E-state index contributed by atoms with van der Waals surface area (Å²) in [4.78, 5) is 14.4. The van der Waals surface area contributed by atoms with Gasteiger partial charge in [-0.05, 0) is 37.2 Å². The number of aryl methyl sites for hydroxylation is 1. The molecule has 0 heterocycles. The van der Waals surface area contributed by atoms with Crippen molar-refractivity contribution in [1.82, 2.24) is 4.90 Å². The Bertz CT molecular complexity index is 608. The van der Waals surface area contributed by atoms with Crippen molar-refractivity contribution in [2.75, 3.05) is 20.7 Å². The average molecular weight is 283 g/mol. The second-order valence-corrected chi connectivity index (χ2v) is 5.28. The molecule has 0 saturated heterocycles. The van der Waals surface area contributed by atoms with Gasteiger partial charge in [-0.25, -0.2) is 0 Å². The molecule has 0 aliphatic heterocycles. The maximum Gasteiger partial charge on any atom is 0.180 e. The largest absolute Gasteiger partial charge is 0.496 e. The Morgan fingerprint density at radius 1 is 1.14 bits per heavy atom. The molecule has 0 aromatic heterocycles. The number of nitrogens with zero attached hydrogens (tertiary/aromatic N) is 1. The summed E-state index contributed by atoms with van der Waals surface area (Å²) in [5, 5.41) is 0. The number of Topliss-reactive ketones (excluding diaryl/α,β-unsaturated/α-hetero) is 1. The molecular formula is C18H21NO2. The number of benzene rings is 2. The Morgan fingerprint density at radius 3 is 2.52 bits per heavy atom. The molecule has 0 N–H and O–H groups in total. The van der Waals surface area contributed by atoms with Gasteiger partial charge >= 0.3 is 0 Å². The van der Waals surface area contributed by atoms with Crippen molar-refractivity contribution in [3.8, 4) is 5.75 Å². The summed E-state index contributed by atoms with van der Waals surface area (Å²) >= 11 is 0. The van der Waals surface area contributed by atoms with Crippen LogP contribution < -0.4 is 4.74 Å². The first-order valence-corrected chi connectivity index (χ1v) is 7.00. The Labute approximate surface area is 126 Å². The minimum Gasteiger partial charge on any atom is -0.496 e. The second-order valence-electron chi connectivity index (χ2n) is 5.28. The van der Waals surface area contributed by atoms with Gasteiger partial charge in [-0.2, -0.15) is 0 Å². The highest BCUT2D eigenvalue weighted by Gasteiger charge is 2.14. The van der Waals surface area contributed by atoms with Crippen LogP contribution in [0.2, 0.25) is 0 Å². The van der Waals surface area contributed by atoms with Gasteiger partial charge in [0.2, 0.25) is 0 Å². The van der Waals surface area contributed by atoms with Crippen LogP contribution in [0.5, 0.6) is 5.75 Å². The standard InChI is InChI=1S/C18H21NO2/c1-14-9-10-16(18(11-14)21-3)17(20)13-19(2)12-15-7-5-4-6-8-15/h4-11H,12-13H2,1-3H3. The van der Waals surface area contributed by atoms with E-state index in [0.717, 1.165) is 12.1 Å². The van der Waals surface area contributed by atoms with E-state index >= 15 is 0 Å². The number of hydrogen-bond acceptors (Lipinski definition) is 3. The number of ether oxygens (including phenoxy) is 1. The first kappa shape index (κ1) is 15.3. The molecule has 2 aromatic carbocycles. The summed E-state index contributed by atoms with van der Waals surface area (Å²) in [5.41, 5.74) is 2.92. The van der Waals surface area contributed by atoms with Crippen molar-refractivity contribution in [3.63, 3.8) is 0 Å². The van der Waals surface area contributed by atoms with Gasteiger partial charge < -0.3 is 4.74 Å². The predicted octanol–water partition coefficient (Wildman–Crippen LogP) is 3.32. The third-order valence-corrected chi connectivity index (χ3v) is 3.37. The molecule has 0 amide bonds. The zero-order valence-corrected chi connectivity index (χ0v) is 12.8. The lowest BCUT2D eigenvalue weighted by Gasteiger charge is -2.17. The van der Waals surface area contributed by atoms with Gasteiger partial charge in [0.05, 0.1) is 19.2 Å². The van der Waals surface area contributed by atoms with Crippen molar-refractivity contribution in [1.29, 1.82) is 0 Å². The van der Waals surface area contributed by atoms with Crippen LogP contribution in [-0.4, -0.2) is 31.4 Å². The first-order chi connectivity index (χ1) is 10.1. The zero-order chi connectivity index (χ0) is 15.2. The van der Waals surface area contributed by atoms with Crippen LogP contribution in [-0.2, 0) is 6.54 Å². The molecular weight excluding hydrogens is 262 g/mol. The lowest BCUT2D eigenvalue weighted by molar-refractivity contribution is 0.0940. The van der Waals surface area contributed by atoms with Crippen molar-refractivity contribution < 1.29 is 9.53 Å². The van der Waals surface area contributed by atoms with E-state index in [0.29, 0.717) is 17.9 Å². The van der Waals surface area contributed by atoms with E-state index in [1.807, 2.05) is 55.3 Å². The predicted molar refractivity (Wildman–Crippen MR) is 84.8 cm³/mol. The number of hydrogen-bond donors (Lipinski definition) is 0. The minimum absolute atomic E-state index is 0.0743. The number of likely N-dealkylation sites (N-methyl/N-ethyl adjacent to an activating group) is 1. The molecule has 0 unspecified atom stereocenters. The maximum atomic E-state index is 12.4. The van der Waals surface area contributed by atoms with Gasteiger partial charge in [0.25, 0.3) is 0 Å². The fourth-order valence-electron chi connectivity index (χ4n) is 2.31. The summed E-state index contributed by atoms with van der Waals surface area (Å²) in [6.45, 7) is 3.10. The molecule has 0 saturated carbocycles. The van der Waals surface area contributed by atoms with Crippen molar-refractivity contribution in [3.05, 3.63) is 65.2 Å².